The molecule has 2 aromatic carbocycles. The highest BCUT2D eigenvalue weighted by atomic mass is 16.5. The van der Waals surface area contributed by atoms with Crippen molar-refractivity contribution >= 4 is 11.6 Å². The molecule has 0 spiro atoms. The largest absolute Gasteiger partial charge is 0.494 e. The number of hydrogen-bond donors (Lipinski definition) is 1. The van der Waals surface area contributed by atoms with Crippen molar-refractivity contribution in [3.05, 3.63) is 59.7 Å². The molecule has 0 aromatic heterocycles. The average Bonchev–Trinajstić information content (AvgIpc) is 3.19. The van der Waals surface area contributed by atoms with Crippen LogP contribution >= 0.6 is 0 Å². The van der Waals surface area contributed by atoms with E-state index in [0.29, 0.717) is 17.9 Å². The molecule has 0 aliphatic heterocycles. The maximum atomic E-state index is 12.5. The van der Waals surface area contributed by atoms with Gasteiger partial charge in [-0.2, -0.15) is 5.26 Å². The lowest BCUT2D eigenvalue weighted by molar-refractivity contribution is 0.102. The second-order valence-corrected chi connectivity index (χ2v) is 7.16. The molecule has 1 amide bonds. The van der Waals surface area contributed by atoms with E-state index >= 15 is 0 Å². The molecule has 27 heavy (non-hydrogen) atoms. The van der Waals surface area contributed by atoms with Crippen LogP contribution < -0.4 is 10.1 Å². The Morgan fingerprint density at radius 1 is 1.19 bits per heavy atom. The topological polar surface area (TPSA) is 62.1 Å². The zero-order valence-corrected chi connectivity index (χ0v) is 15.8. The zero-order valence-electron chi connectivity index (χ0n) is 15.8. The predicted molar refractivity (Wildman–Crippen MR) is 107 cm³/mol. The molecule has 3 rings (SSSR count). The fourth-order valence-electron chi connectivity index (χ4n) is 3.58. The number of nitriles is 1. The van der Waals surface area contributed by atoms with Gasteiger partial charge in [0.15, 0.2) is 0 Å². The molecule has 0 bridgehead atoms. The van der Waals surface area contributed by atoms with E-state index in [9.17, 15) is 10.1 Å². The van der Waals surface area contributed by atoms with Crippen LogP contribution in [0.15, 0.2) is 48.5 Å². The normalized spacial score (nSPS) is 15.1. The van der Waals surface area contributed by atoms with Crippen molar-refractivity contribution in [3.8, 4) is 11.8 Å². The van der Waals surface area contributed by atoms with E-state index in [1.165, 1.54) is 0 Å². The summed E-state index contributed by atoms with van der Waals surface area (Å²) in [7, 11) is 0. The number of unbranched alkanes of at least 4 members (excludes halogenated alkanes) is 1. The highest BCUT2D eigenvalue weighted by Crippen LogP contribution is 2.40. The van der Waals surface area contributed by atoms with Gasteiger partial charge in [-0.25, -0.2) is 0 Å². The molecule has 0 unspecified atom stereocenters. The van der Waals surface area contributed by atoms with Gasteiger partial charge in [0.05, 0.1) is 18.1 Å². The van der Waals surface area contributed by atoms with Crippen LogP contribution in [-0.2, 0) is 5.41 Å². The number of rotatable bonds is 7. The molecule has 1 fully saturated rings. The fraction of sp³-hybridized carbons (Fsp3) is 0.391. The molecule has 2 aromatic rings. The number of carbonyl (C=O) groups is 1. The first-order valence-electron chi connectivity index (χ1n) is 9.73. The van der Waals surface area contributed by atoms with Crippen molar-refractivity contribution < 1.29 is 9.53 Å². The smallest absolute Gasteiger partial charge is 0.255 e. The third kappa shape index (κ3) is 4.49. The first-order valence-corrected chi connectivity index (χ1v) is 9.73. The highest BCUT2D eigenvalue weighted by Gasteiger charge is 2.35. The number of nitrogens with zero attached hydrogens (tertiary/aromatic N) is 1. The summed E-state index contributed by atoms with van der Waals surface area (Å²) in [4.78, 5) is 12.5. The van der Waals surface area contributed by atoms with E-state index < -0.39 is 0 Å². The van der Waals surface area contributed by atoms with Crippen molar-refractivity contribution in [2.75, 3.05) is 11.9 Å². The van der Waals surface area contributed by atoms with Crippen molar-refractivity contribution in [2.45, 2.75) is 50.9 Å². The first-order chi connectivity index (χ1) is 13.2. The van der Waals surface area contributed by atoms with Gasteiger partial charge in [-0.3, -0.25) is 4.79 Å². The molecule has 0 radical (unpaired) electrons. The molecule has 1 N–H and O–H groups in total. The van der Waals surface area contributed by atoms with E-state index in [4.69, 9.17) is 4.74 Å². The minimum Gasteiger partial charge on any atom is -0.494 e. The third-order valence-corrected chi connectivity index (χ3v) is 5.23. The van der Waals surface area contributed by atoms with Crippen molar-refractivity contribution in [3.63, 3.8) is 0 Å². The Bertz CT molecular complexity index is 815. The van der Waals surface area contributed by atoms with Crippen LogP contribution in [-0.4, -0.2) is 12.5 Å². The number of hydrogen-bond acceptors (Lipinski definition) is 3. The molecular weight excluding hydrogens is 336 g/mol. The maximum absolute atomic E-state index is 12.5. The zero-order chi connectivity index (χ0) is 19.1. The molecule has 140 valence electrons. The Balaban J connectivity index is 1.66. The van der Waals surface area contributed by atoms with Crippen LogP contribution in [0.4, 0.5) is 5.69 Å². The van der Waals surface area contributed by atoms with E-state index in [1.807, 2.05) is 36.4 Å². The Hall–Kier alpha value is -2.80. The number of ether oxygens (including phenoxy) is 1. The van der Waals surface area contributed by atoms with E-state index in [0.717, 1.165) is 49.8 Å². The molecule has 4 nitrogen and oxygen atoms in total. The van der Waals surface area contributed by atoms with E-state index in [1.54, 1.807) is 12.1 Å². The van der Waals surface area contributed by atoms with Crippen molar-refractivity contribution in [1.82, 2.24) is 0 Å². The number of nitrogens with one attached hydrogen (secondary N) is 1. The van der Waals surface area contributed by atoms with Crippen molar-refractivity contribution in [1.29, 1.82) is 5.26 Å². The molecule has 1 aliphatic carbocycles. The summed E-state index contributed by atoms with van der Waals surface area (Å²) < 4.78 is 5.67. The second-order valence-electron chi connectivity index (χ2n) is 7.16. The van der Waals surface area contributed by atoms with Gasteiger partial charge in [-0.15, -0.1) is 0 Å². The summed E-state index contributed by atoms with van der Waals surface area (Å²) in [5.41, 5.74) is 1.99. The second kappa shape index (κ2) is 8.73. The summed E-state index contributed by atoms with van der Waals surface area (Å²) in [5.74, 6) is 0.545. The highest BCUT2D eigenvalue weighted by molar-refractivity contribution is 6.04. The number of anilines is 1. The standard InChI is InChI=1S/C23H26N2O2/c1-2-3-15-27-21-8-6-7-18(16-21)22(26)25-20-11-9-19(10-12-20)23(17-24)13-4-5-14-23/h6-12,16H,2-5,13-15H2,1H3,(H,25,26). The number of benzene rings is 2. The van der Waals surface area contributed by atoms with Gasteiger partial charge in [0.25, 0.3) is 5.91 Å². The fourth-order valence-corrected chi connectivity index (χ4v) is 3.58. The Morgan fingerprint density at radius 3 is 2.59 bits per heavy atom. The van der Waals surface area contributed by atoms with Gasteiger partial charge in [-0.1, -0.05) is 44.4 Å². The summed E-state index contributed by atoms with van der Waals surface area (Å²) >= 11 is 0. The Kier molecular flexibility index (Phi) is 6.13. The van der Waals surface area contributed by atoms with Crippen LogP contribution in [0.5, 0.6) is 5.75 Å². The van der Waals surface area contributed by atoms with E-state index in [-0.39, 0.29) is 11.3 Å². The summed E-state index contributed by atoms with van der Waals surface area (Å²) in [5, 5.41) is 12.5. The lowest BCUT2D eigenvalue weighted by Gasteiger charge is -2.21. The first kappa shape index (κ1) is 19.0. The van der Waals surface area contributed by atoms with Gasteiger partial charge in [-0.05, 0) is 55.2 Å². The summed E-state index contributed by atoms with van der Waals surface area (Å²) in [6.45, 7) is 2.77. The van der Waals surface area contributed by atoms with Crippen LogP contribution in [0.2, 0.25) is 0 Å². The predicted octanol–water partition coefficient (Wildman–Crippen LogP) is 5.45. The minimum atomic E-state index is -0.354. The minimum absolute atomic E-state index is 0.167. The van der Waals surface area contributed by atoms with Gasteiger partial charge in [0, 0.05) is 11.3 Å². The van der Waals surface area contributed by atoms with Gasteiger partial charge in [0.2, 0.25) is 0 Å². The van der Waals surface area contributed by atoms with Crippen molar-refractivity contribution in [2.24, 2.45) is 0 Å². The molecule has 4 heteroatoms. The quantitative estimate of drug-likeness (QED) is 0.666. The summed E-state index contributed by atoms with van der Waals surface area (Å²) in [6, 6.07) is 17.4. The Morgan fingerprint density at radius 2 is 1.93 bits per heavy atom. The lowest BCUT2D eigenvalue weighted by Crippen LogP contribution is -2.19. The molecule has 0 saturated heterocycles. The third-order valence-electron chi connectivity index (χ3n) is 5.23. The molecule has 0 atom stereocenters. The lowest BCUT2D eigenvalue weighted by atomic mass is 9.80. The molecule has 1 aliphatic rings. The van der Waals surface area contributed by atoms with Crippen LogP contribution in [0.25, 0.3) is 0 Å². The summed E-state index contributed by atoms with van der Waals surface area (Å²) in [6.07, 6.45) is 6.10. The monoisotopic (exact) mass is 362 g/mol. The maximum Gasteiger partial charge on any atom is 0.255 e. The SMILES string of the molecule is CCCCOc1cccc(C(=O)Nc2ccc(C3(C#N)CCCC3)cc2)c1. The number of carbonyl (C=O) groups excluding carboxylic acids is 1. The molecular formula is C23H26N2O2. The van der Waals surface area contributed by atoms with Gasteiger partial charge in [0.1, 0.15) is 5.75 Å². The van der Waals surface area contributed by atoms with Crippen LogP contribution in [0, 0.1) is 11.3 Å². The van der Waals surface area contributed by atoms with Crippen LogP contribution in [0.3, 0.4) is 0 Å². The molecule has 0 heterocycles. The van der Waals surface area contributed by atoms with Gasteiger partial charge < -0.3 is 10.1 Å². The Labute approximate surface area is 161 Å². The van der Waals surface area contributed by atoms with Gasteiger partial charge >= 0.3 is 0 Å². The van der Waals surface area contributed by atoms with E-state index in [2.05, 4.69) is 18.3 Å². The van der Waals surface area contributed by atoms with Crippen LogP contribution in [0.1, 0.15) is 61.4 Å². The molecule has 1 saturated carbocycles. The number of amides is 1. The average molecular weight is 362 g/mol.